The van der Waals surface area contributed by atoms with Crippen LogP contribution in [-0.4, -0.2) is 18.1 Å². The van der Waals surface area contributed by atoms with Crippen molar-refractivity contribution >= 4 is 5.91 Å². The van der Waals surface area contributed by atoms with Gasteiger partial charge in [0.15, 0.2) is 0 Å². The number of hydrogen-bond acceptors (Lipinski definition) is 2. The lowest BCUT2D eigenvalue weighted by Crippen LogP contribution is -2.36. The molecule has 1 atom stereocenters. The number of benzene rings is 1. The Kier molecular flexibility index (Phi) is 5.45. The molecule has 110 valence electrons. The summed E-state index contributed by atoms with van der Waals surface area (Å²) in [5, 5.41) is 3.13. The van der Waals surface area contributed by atoms with Gasteiger partial charge in [-0.2, -0.15) is 0 Å². The number of amides is 1. The minimum absolute atomic E-state index is 0.0342. The average molecular weight is 275 g/mol. The second kappa shape index (κ2) is 7.32. The predicted octanol–water partition coefficient (Wildman–Crippen LogP) is 3.93. The van der Waals surface area contributed by atoms with Crippen LogP contribution in [0, 0.1) is 0 Å². The highest BCUT2D eigenvalue weighted by Gasteiger charge is 2.16. The summed E-state index contributed by atoms with van der Waals surface area (Å²) < 4.78 is 5.72. The van der Waals surface area contributed by atoms with E-state index in [1.54, 1.807) is 0 Å². The number of hydrogen-bond donors (Lipinski definition) is 1. The highest BCUT2D eigenvalue weighted by molar-refractivity contribution is 5.94. The number of rotatable bonds is 5. The standard InChI is InChI=1S/C17H25NO2/c1-3-13(2)20-16-11-9-14(10-12-16)17(19)18-15-7-5-4-6-8-15/h9-13,15H,3-8H2,1-2H3,(H,18,19). The zero-order valence-electron chi connectivity index (χ0n) is 12.5. The molecule has 0 spiro atoms. The monoisotopic (exact) mass is 275 g/mol. The Hall–Kier alpha value is -1.51. The van der Waals surface area contributed by atoms with E-state index in [-0.39, 0.29) is 12.0 Å². The van der Waals surface area contributed by atoms with Crippen LogP contribution in [0.4, 0.5) is 0 Å². The summed E-state index contributed by atoms with van der Waals surface area (Å²) in [5.74, 6) is 0.862. The van der Waals surface area contributed by atoms with Crippen molar-refractivity contribution in [1.82, 2.24) is 5.32 Å². The van der Waals surface area contributed by atoms with E-state index in [9.17, 15) is 4.79 Å². The lowest BCUT2D eigenvalue weighted by Gasteiger charge is -2.22. The van der Waals surface area contributed by atoms with Gasteiger partial charge in [0.05, 0.1) is 6.10 Å². The van der Waals surface area contributed by atoms with Crippen LogP contribution in [0.1, 0.15) is 62.7 Å². The van der Waals surface area contributed by atoms with Gasteiger partial charge in [0.2, 0.25) is 0 Å². The van der Waals surface area contributed by atoms with Crippen molar-refractivity contribution in [1.29, 1.82) is 0 Å². The first kappa shape index (κ1) is 14.9. The first-order valence-corrected chi connectivity index (χ1v) is 7.76. The molecule has 1 N–H and O–H groups in total. The maximum Gasteiger partial charge on any atom is 0.251 e. The van der Waals surface area contributed by atoms with Crippen LogP contribution in [-0.2, 0) is 0 Å². The molecule has 0 radical (unpaired) electrons. The quantitative estimate of drug-likeness (QED) is 0.884. The third kappa shape index (κ3) is 4.26. The minimum Gasteiger partial charge on any atom is -0.491 e. The maximum absolute atomic E-state index is 12.2. The van der Waals surface area contributed by atoms with Gasteiger partial charge in [0, 0.05) is 11.6 Å². The summed E-state index contributed by atoms with van der Waals surface area (Å²) >= 11 is 0. The van der Waals surface area contributed by atoms with E-state index >= 15 is 0 Å². The summed E-state index contributed by atoms with van der Waals surface area (Å²) in [4.78, 5) is 12.2. The van der Waals surface area contributed by atoms with E-state index in [1.807, 2.05) is 31.2 Å². The van der Waals surface area contributed by atoms with Crippen molar-refractivity contribution in [3.8, 4) is 5.75 Å². The SMILES string of the molecule is CCC(C)Oc1ccc(C(=O)NC2CCCCC2)cc1. The maximum atomic E-state index is 12.2. The molecule has 1 aromatic carbocycles. The summed E-state index contributed by atoms with van der Waals surface area (Å²) in [6.45, 7) is 4.14. The van der Waals surface area contributed by atoms with Gasteiger partial charge in [-0.05, 0) is 50.5 Å². The van der Waals surface area contributed by atoms with Crippen LogP contribution in [0.15, 0.2) is 24.3 Å². The largest absolute Gasteiger partial charge is 0.491 e. The summed E-state index contributed by atoms with van der Waals surface area (Å²) in [5.41, 5.74) is 0.715. The van der Waals surface area contributed by atoms with Crippen LogP contribution in [0.3, 0.4) is 0 Å². The van der Waals surface area contributed by atoms with Gasteiger partial charge in [0.1, 0.15) is 5.75 Å². The number of nitrogens with one attached hydrogen (secondary N) is 1. The van der Waals surface area contributed by atoms with Crippen LogP contribution < -0.4 is 10.1 Å². The molecule has 0 saturated heterocycles. The third-order valence-corrected chi connectivity index (χ3v) is 3.97. The Bertz CT molecular complexity index is 421. The number of carbonyl (C=O) groups excluding carboxylic acids is 1. The molecule has 0 aromatic heterocycles. The molecule has 1 saturated carbocycles. The lowest BCUT2D eigenvalue weighted by atomic mass is 9.95. The number of ether oxygens (including phenoxy) is 1. The molecule has 1 aromatic rings. The molecule has 3 nitrogen and oxygen atoms in total. The van der Waals surface area contributed by atoms with Gasteiger partial charge in [-0.1, -0.05) is 26.2 Å². The molecular weight excluding hydrogens is 250 g/mol. The zero-order valence-corrected chi connectivity index (χ0v) is 12.5. The Morgan fingerprint density at radius 1 is 1.25 bits per heavy atom. The van der Waals surface area contributed by atoms with Crippen molar-refractivity contribution in [3.05, 3.63) is 29.8 Å². The van der Waals surface area contributed by atoms with E-state index in [2.05, 4.69) is 12.2 Å². The van der Waals surface area contributed by atoms with E-state index in [4.69, 9.17) is 4.74 Å². The molecule has 1 fully saturated rings. The molecule has 1 aliphatic carbocycles. The van der Waals surface area contributed by atoms with E-state index in [1.165, 1.54) is 19.3 Å². The fourth-order valence-corrected chi connectivity index (χ4v) is 2.52. The molecule has 0 aliphatic heterocycles. The Morgan fingerprint density at radius 3 is 2.50 bits per heavy atom. The zero-order chi connectivity index (χ0) is 14.4. The predicted molar refractivity (Wildman–Crippen MR) is 81.2 cm³/mol. The smallest absolute Gasteiger partial charge is 0.251 e. The fraction of sp³-hybridized carbons (Fsp3) is 0.588. The molecule has 2 rings (SSSR count). The highest BCUT2D eigenvalue weighted by Crippen LogP contribution is 2.19. The molecule has 1 aliphatic rings. The van der Waals surface area contributed by atoms with Crippen LogP contribution in [0.5, 0.6) is 5.75 Å². The van der Waals surface area contributed by atoms with Crippen molar-refractivity contribution in [2.75, 3.05) is 0 Å². The fourth-order valence-electron chi connectivity index (χ4n) is 2.52. The number of carbonyl (C=O) groups is 1. The average Bonchev–Trinajstić information content (AvgIpc) is 2.49. The Labute approximate surface area is 121 Å². The Balaban J connectivity index is 1.89. The van der Waals surface area contributed by atoms with Gasteiger partial charge < -0.3 is 10.1 Å². The van der Waals surface area contributed by atoms with Gasteiger partial charge in [0.25, 0.3) is 5.91 Å². The van der Waals surface area contributed by atoms with Gasteiger partial charge in [-0.25, -0.2) is 0 Å². The van der Waals surface area contributed by atoms with Crippen molar-refractivity contribution < 1.29 is 9.53 Å². The van der Waals surface area contributed by atoms with Crippen molar-refractivity contribution in [2.45, 2.75) is 64.5 Å². The van der Waals surface area contributed by atoms with Crippen LogP contribution >= 0.6 is 0 Å². The van der Waals surface area contributed by atoms with Crippen LogP contribution in [0.2, 0.25) is 0 Å². The Morgan fingerprint density at radius 2 is 1.90 bits per heavy atom. The minimum atomic E-state index is 0.0342. The topological polar surface area (TPSA) is 38.3 Å². The van der Waals surface area contributed by atoms with Crippen LogP contribution in [0.25, 0.3) is 0 Å². The summed E-state index contributed by atoms with van der Waals surface area (Å²) in [7, 11) is 0. The molecule has 20 heavy (non-hydrogen) atoms. The third-order valence-electron chi connectivity index (χ3n) is 3.97. The van der Waals surface area contributed by atoms with Gasteiger partial charge in [-0.15, -0.1) is 0 Å². The van der Waals surface area contributed by atoms with Crippen molar-refractivity contribution in [2.24, 2.45) is 0 Å². The van der Waals surface area contributed by atoms with Gasteiger partial charge >= 0.3 is 0 Å². The second-order valence-electron chi connectivity index (χ2n) is 5.67. The lowest BCUT2D eigenvalue weighted by molar-refractivity contribution is 0.0927. The molecule has 0 heterocycles. The first-order valence-electron chi connectivity index (χ1n) is 7.76. The summed E-state index contributed by atoms with van der Waals surface area (Å²) in [6, 6.07) is 7.79. The highest BCUT2D eigenvalue weighted by atomic mass is 16.5. The van der Waals surface area contributed by atoms with E-state index in [0.29, 0.717) is 11.6 Å². The summed E-state index contributed by atoms with van der Waals surface area (Å²) in [6.07, 6.45) is 7.16. The molecule has 3 heteroatoms. The molecule has 0 bridgehead atoms. The molecule has 1 amide bonds. The normalized spacial score (nSPS) is 17.5. The van der Waals surface area contributed by atoms with E-state index < -0.39 is 0 Å². The molecular formula is C17H25NO2. The van der Waals surface area contributed by atoms with Crippen molar-refractivity contribution in [3.63, 3.8) is 0 Å². The molecule has 1 unspecified atom stereocenters. The van der Waals surface area contributed by atoms with Gasteiger partial charge in [-0.3, -0.25) is 4.79 Å². The first-order chi connectivity index (χ1) is 9.69. The second-order valence-corrected chi connectivity index (χ2v) is 5.67. The van der Waals surface area contributed by atoms with E-state index in [0.717, 1.165) is 25.0 Å².